The summed E-state index contributed by atoms with van der Waals surface area (Å²) in [6.45, 7) is 6.16. The van der Waals surface area contributed by atoms with Crippen LogP contribution < -0.4 is 5.32 Å². The van der Waals surface area contributed by atoms with Crippen LogP contribution in [0.2, 0.25) is 0 Å². The summed E-state index contributed by atoms with van der Waals surface area (Å²) in [7, 11) is 2.26. The number of amides is 1. The largest absolute Gasteiger partial charge is 0.462 e. The molecule has 0 spiro atoms. The maximum absolute atomic E-state index is 13.5. The van der Waals surface area contributed by atoms with Crippen molar-refractivity contribution in [3.05, 3.63) is 29.3 Å². The molecule has 2 aliphatic rings. The van der Waals surface area contributed by atoms with Crippen LogP contribution in [0.5, 0.6) is 0 Å². The molecule has 1 amide bonds. The fourth-order valence-corrected chi connectivity index (χ4v) is 4.78. The molecule has 5 heteroatoms. The van der Waals surface area contributed by atoms with Crippen molar-refractivity contribution in [1.29, 1.82) is 0 Å². The number of rotatable bonds is 5. The maximum Gasteiger partial charge on any atom is 0.340 e. The monoisotopic (exact) mass is 373 g/mol. The molecule has 1 saturated carbocycles. The second-order valence-corrected chi connectivity index (χ2v) is 8.31. The number of anilines is 1. The van der Waals surface area contributed by atoms with E-state index in [-0.39, 0.29) is 17.4 Å². The Labute approximate surface area is 162 Å². The Balaban J connectivity index is 1.89. The zero-order valence-corrected chi connectivity index (χ0v) is 17.0. The third-order valence-electron chi connectivity index (χ3n) is 6.70. The van der Waals surface area contributed by atoms with Crippen LogP contribution in [0.25, 0.3) is 0 Å². The van der Waals surface area contributed by atoms with Gasteiger partial charge in [0.15, 0.2) is 5.54 Å². The van der Waals surface area contributed by atoms with E-state index in [1.54, 1.807) is 13.0 Å². The zero-order chi connectivity index (χ0) is 19.5. The molecule has 1 aromatic carbocycles. The molecule has 1 heterocycles. The minimum atomic E-state index is -0.380. The molecule has 0 aromatic heterocycles. The molecular formula is C22H33N2O3+. The van der Waals surface area contributed by atoms with Crippen LogP contribution in [0, 0.1) is 6.92 Å². The first-order valence-electron chi connectivity index (χ1n) is 10.4. The summed E-state index contributed by atoms with van der Waals surface area (Å²) in [6.07, 6.45) is 7.84. The highest BCUT2D eigenvalue weighted by Crippen LogP contribution is 2.44. The van der Waals surface area contributed by atoms with Gasteiger partial charge in [-0.05, 0) is 57.6 Å². The molecule has 1 aliphatic heterocycles. The lowest BCUT2D eigenvalue weighted by atomic mass is 9.72. The standard InChI is InChI=1S/C22H32N2O3/c1-4-27-20(25)18-12-9-11-17(2)19(18)23-21(26)22(13-10-14-22)24(3)15-7-5-6-8-16-24/h9,11-12H,4-8,10,13-16H2,1-3H3/p+1. The van der Waals surface area contributed by atoms with Gasteiger partial charge in [-0.1, -0.05) is 12.1 Å². The smallest absolute Gasteiger partial charge is 0.340 e. The summed E-state index contributed by atoms with van der Waals surface area (Å²) in [6, 6.07) is 5.49. The van der Waals surface area contributed by atoms with Gasteiger partial charge in [0.25, 0.3) is 5.91 Å². The predicted octanol–water partition coefficient (Wildman–Crippen LogP) is 4.05. The van der Waals surface area contributed by atoms with Gasteiger partial charge in [0.05, 0.1) is 38.0 Å². The van der Waals surface area contributed by atoms with Crippen molar-refractivity contribution < 1.29 is 18.8 Å². The number of benzene rings is 1. The summed E-state index contributed by atoms with van der Waals surface area (Å²) in [4.78, 5) is 25.9. The summed E-state index contributed by atoms with van der Waals surface area (Å²) in [5.41, 5.74) is 1.58. The van der Waals surface area contributed by atoms with Gasteiger partial charge < -0.3 is 14.5 Å². The number of para-hydroxylation sites is 1. The molecule has 2 fully saturated rings. The van der Waals surface area contributed by atoms with Crippen LogP contribution in [0.1, 0.15) is 67.8 Å². The normalized spacial score (nSPS) is 20.9. The minimum Gasteiger partial charge on any atom is -0.462 e. The minimum absolute atomic E-state index is 0.0676. The van der Waals surface area contributed by atoms with Gasteiger partial charge in [-0.2, -0.15) is 0 Å². The number of nitrogens with one attached hydrogen (secondary N) is 1. The summed E-state index contributed by atoms with van der Waals surface area (Å²) >= 11 is 0. The van der Waals surface area contributed by atoms with Crippen molar-refractivity contribution in [2.24, 2.45) is 0 Å². The van der Waals surface area contributed by atoms with Gasteiger partial charge in [0.1, 0.15) is 0 Å². The Hall–Kier alpha value is -1.88. The molecule has 5 nitrogen and oxygen atoms in total. The molecular weight excluding hydrogens is 340 g/mol. The number of aryl methyl sites for hydroxylation is 1. The Morgan fingerprint density at radius 2 is 1.78 bits per heavy atom. The predicted molar refractivity (Wildman–Crippen MR) is 107 cm³/mol. The van der Waals surface area contributed by atoms with E-state index in [1.807, 2.05) is 19.1 Å². The number of quaternary nitrogens is 1. The molecule has 1 saturated heterocycles. The highest BCUT2D eigenvalue weighted by Gasteiger charge is 2.58. The van der Waals surface area contributed by atoms with Crippen molar-refractivity contribution in [3.8, 4) is 0 Å². The van der Waals surface area contributed by atoms with Crippen LogP contribution in [-0.4, -0.2) is 48.6 Å². The van der Waals surface area contributed by atoms with E-state index in [1.165, 1.54) is 25.7 Å². The Morgan fingerprint density at radius 3 is 2.33 bits per heavy atom. The van der Waals surface area contributed by atoms with Gasteiger partial charge in [0.2, 0.25) is 0 Å². The third-order valence-corrected chi connectivity index (χ3v) is 6.70. The van der Waals surface area contributed by atoms with Crippen molar-refractivity contribution >= 4 is 17.6 Å². The first-order chi connectivity index (χ1) is 12.9. The number of ether oxygens (including phenoxy) is 1. The average Bonchev–Trinajstić information content (AvgIpc) is 2.81. The first kappa shape index (κ1) is 19.9. The number of hydrogen-bond acceptors (Lipinski definition) is 3. The summed E-state index contributed by atoms with van der Waals surface area (Å²) < 4.78 is 6.02. The van der Waals surface area contributed by atoms with Gasteiger partial charge >= 0.3 is 5.97 Å². The number of likely N-dealkylation sites (tertiary alicyclic amines) is 1. The van der Waals surface area contributed by atoms with Crippen LogP contribution >= 0.6 is 0 Å². The van der Waals surface area contributed by atoms with E-state index in [2.05, 4.69) is 12.4 Å². The molecule has 0 radical (unpaired) electrons. The number of esters is 1. The van der Waals surface area contributed by atoms with Crippen LogP contribution in [0.4, 0.5) is 5.69 Å². The Morgan fingerprint density at radius 1 is 1.11 bits per heavy atom. The quantitative estimate of drug-likeness (QED) is 0.626. The Bertz CT molecular complexity index is 702. The van der Waals surface area contributed by atoms with E-state index >= 15 is 0 Å². The molecule has 0 bridgehead atoms. The van der Waals surface area contributed by atoms with Gasteiger partial charge in [-0.15, -0.1) is 0 Å². The lowest BCUT2D eigenvalue weighted by Gasteiger charge is -2.54. The third kappa shape index (κ3) is 3.62. The fourth-order valence-electron chi connectivity index (χ4n) is 4.78. The second-order valence-electron chi connectivity index (χ2n) is 8.31. The topological polar surface area (TPSA) is 55.4 Å². The highest BCUT2D eigenvalue weighted by atomic mass is 16.5. The van der Waals surface area contributed by atoms with Crippen molar-refractivity contribution in [1.82, 2.24) is 0 Å². The first-order valence-corrected chi connectivity index (χ1v) is 10.4. The van der Waals surface area contributed by atoms with Gasteiger partial charge in [-0.3, -0.25) is 4.79 Å². The van der Waals surface area contributed by atoms with Crippen molar-refractivity contribution in [2.75, 3.05) is 32.1 Å². The number of carbonyl (C=O) groups excluding carboxylic acids is 2. The second kappa shape index (κ2) is 8.01. The maximum atomic E-state index is 13.5. The van der Waals surface area contributed by atoms with E-state index in [9.17, 15) is 9.59 Å². The lowest BCUT2D eigenvalue weighted by Crippen LogP contribution is -2.71. The lowest BCUT2D eigenvalue weighted by molar-refractivity contribution is -0.954. The SMILES string of the molecule is CCOC(=O)c1cccc(C)c1NC(=O)C1([N+]2(C)CCCCCC2)CCC1. The molecule has 0 unspecified atom stereocenters. The number of likely N-dealkylation sites (N-methyl/N-ethyl adjacent to an activating group) is 1. The molecule has 3 rings (SSSR count). The molecule has 1 aromatic rings. The molecule has 148 valence electrons. The van der Waals surface area contributed by atoms with Gasteiger partial charge in [0, 0.05) is 12.8 Å². The van der Waals surface area contributed by atoms with E-state index in [4.69, 9.17) is 4.74 Å². The van der Waals surface area contributed by atoms with E-state index in [0.717, 1.165) is 42.4 Å². The Kier molecular flexibility index (Phi) is 5.89. The van der Waals surface area contributed by atoms with E-state index in [0.29, 0.717) is 17.9 Å². The number of nitrogens with zero attached hydrogens (tertiary/aromatic N) is 1. The van der Waals surface area contributed by atoms with Crippen molar-refractivity contribution in [3.63, 3.8) is 0 Å². The zero-order valence-electron chi connectivity index (χ0n) is 17.0. The average molecular weight is 374 g/mol. The van der Waals surface area contributed by atoms with E-state index < -0.39 is 0 Å². The molecule has 27 heavy (non-hydrogen) atoms. The van der Waals surface area contributed by atoms with Crippen LogP contribution in [0.15, 0.2) is 18.2 Å². The van der Waals surface area contributed by atoms with Crippen molar-refractivity contribution in [2.45, 2.75) is 64.3 Å². The number of carbonyl (C=O) groups is 2. The summed E-state index contributed by atoms with van der Waals surface area (Å²) in [5, 5.41) is 3.15. The van der Waals surface area contributed by atoms with Crippen LogP contribution in [-0.2, 0) is 9.53 Å². The fraction of sp³-hybridized carbons (Fsp3) is 0.636. The van der Waals surface area contributed by atoms with Gasteiger partial charge in [-0.25, -0.2) is 4.79 Å². The number of hydrogen-bond donors (Lipinski definition) is 1. The molecule has 1 N–H and O–H groups in total. The molecule has 1 aliphatic carbocycles. The molecule has 0 atom stereocenters. The highest BCUT2D eigenvalue weighted by molar-refractivity contribution is 6.05. The van der Waals surface area contributed by atoms with Crippen LogP contribution in [0.3, 0.4) is 0 Å². The summed E-state index contributed by atoms with van der Waals surface area (Å²) in [5.74, 6) is -0.313.